The SMILES string of the molecule is O=C1C(C2CC2)CCN1c1ccnn2cc(Br)cc12. The number of aromatic nitrogens is 2. The molecule has 98 valence electrons. The van der Waals surface area contributed by atoms with E-state index in [4.69, 9.17) is 0 Å². The number of anilines is 1. The lowest BCUT2D eigenvalue weighted by atomic mass is 10.0. The predicted octanol–water partition coefficient (Wildman–Crippen LogP) is 2.86. The molecule has 1 atom stereocenters. The smallest absolute Gasteiger partial charge is 0.230 e. The van der Waals surface area contributed by atoms with Crippen molar-refractivity contribution in [1.29, 1.82) is 0 Å². The molecule has 19 heavy (non-hydrogen) atoms. The molecule has 0 aromatic carbocycles. The molecule has 1 aliphatic carbocycles. The highest BCUT2D eigenvalue weighted by atomic mass is 79.9. The lowest BCUT2D eigenvalue weighted by Crippen LogP contribution is -2.28. The van der Waals surface area contributed by atoms with Crippen molar-refractivity contribution in [3.05, 3.63) is 29.0 Å². The molecular formula is C14H14BrN3O. The molecule has 1 saturated carbocycles. The Kier molecular flexibility index (Phi) is 2.45. The highest BCUT2D eigenvalue weighted by Gasteiger charge is 2.42. The molecule has 0 radical (unpaired) electrons. The number of fused-ring (bicyclic) bond motifs is 1. The number of carbonyl (C=O) groups excluding carboxylic acids is 1. The molecular weight excluding hydrogens is 306 g/mol. The monoisotopic (exact) mass is 319 g/mol. The molecule has 4 nitrogen and oxygen atoms in total. The summed E-state index contributed by atoms with van der Waals surface area (Å²) < 4.78 is 2.80. The van der Waals surface area contributed by atoms with Gasteiger partial charge in [0.2, 0.25) is 5.91 Å². The van der Waals surface area contributed by atoms with E-state index in [0.717, 1.165) is 28.6 Å². The average molecular weight is 320 g/mol. The van der Waals surface area contributed by atoms with Gasteiger partial charge in [-0.3, -0.25) is 4.79 Å². The lowest BCUT2D eigenvalue weighted by molar-refractivity contribution is -0.120. The van der Waals surface area contributed by atoms with Crippen molar-refractivity contribution in [1.82, 2.24) is 9.61 Å². The summed E-state index contributed by atoms with van der Waals surface area (Å²) in [6, 6.07) is 3.95. The Labute approximate surface area is 119 Å². The predicted molar refractivity (Wildman–Crippen MR) is 76.1 cm³/mol. The Morgan fingerprint density at radius 1 is 1.32 bits per heavy atom. The van der Waals surface area contributed by atoms with E-state index >= 15 is 0 Å². The third kappa shape index (κ3) is 1.79. The van der Waals surface area contributed by atoms with E-state index in [1.54, 1.807) is 6.20 Å². The van der Waals surface area contributed by atoms with E-state index in [0.29, 0.717) is 11.8 Å². The van der Waals surface area contributed by atoms with E-state index in [-0.39, 0.29) is 5.92 Å². The van der Waals surface area contributed by atoms with Crippen LogP contribution in [0.1, 0.15) is 19.3 Å². The van der Waals surface area contributed by atoms with Crippen LogP contribution in [-0.4, -0.2) is 22.1 Å². The quantitative estimate of drug-likeness (QED) is 0.853. The van der Waals surface area contributed by atoms with Crippen molar-refractivity contribution < 1.29 is 4.79 Å². The second-order valence-electron chi connectivity index (χ2n) is 5.43. The number of halogens is 1. The zero-order chi connectivity index (χ0) is 13.0. The van der Waals surface area contributed by atoms with Gasteiger partial charge in [0, 0.05) is 29.3 Å². The van der Waals surface area contributed by atoms with Crippen molar-refractivity contribution in [2.24, 2.45) is 11.8 Å². The van der Waals surface area contributed by atoms with Crippen LogP contribution < -0.4 is 4.90 Å². The van der Waals surface area contributed by atoms with Gasteiger partial charge >= 0.3 is 0 Å². The molecule has 5 heteroatoms. The zero-order valence-corrected chi connectivity index (χ0v) is 12.0. The van der Waals surface area contributed by atoms with Crippen molar-refractivity contribution in [2.45, 2.75) is 19.3 Å². The van der Waals surface area contributed by atoms with Crippen LogP contribution in [0, 0.1) is 11.8 Å². The number of hydrogen-bond acceptors (Lipinski definition) is 2. The number of carbonyl (C=O) groups is 1. The van der Waals surface area contributed by atoms with Crippen LogP contribution in [0.15, 0.2) is 29.0 Å². The van der Waals surface area contributed by atoms with E-state index in [9.17, 15) is 4.79 Å². The minimum Gasteiger partial charge on any atom is -0.310 e. The van der Waals surface area contributed by atoms with Crippen LogP contribution in [-0.2, 0) is 4.79 Å². The summed E-state index contributed by atoms with van der Waals surface area (Å²) in [5.74, 6) is 1.20. The van der Waals surface area contributed by atoms with E-state index in [2.05, 4.69) is 21.0 Å². The number of rotatable bonds is 2. The Bertz CT molecular complexity index is 662. The maximum atomic E-state index is 12.5. The maximum Gasteiger partial charge on any atom is 0.230 e. The van der Waals surface area contributed by atoms with Gasteiger partial charge in [-0.1, -0.05) is 0 Å². The molecule has 1 saturated heterocycles. The van der Waals surface area contributed by atoms with Gasteiger partial charge in [-0.15, -0.1) is 0 Å². The molecule has 3 heterocycles. The second kappa shape index (κ2) is 4.07. The fraction of sp³-hybridized carbons (Fsp3) is 0.429. The first-order valence-corrected chi connectivity index (χ1v) is 7.47. The summed E-state index contributed by atoms with van der Waals surface area (Å²) in [5, 5.41) is 4.27. The van der Waals surface area contributed by atoms with E-state index < -0.39 is 0 Å². The van der Waals surface area contributed by atoms with Crippen LogP contribution in [0.3, 0.4) is 0 Å². The van der Waals surface area contributed by atoms with Gasteiger partial charge in [0.15, 0.2) is 0 Å². The highest BCUT2D eigenvalue weighted by molar-refractivity contribution is 9.10. The van der Waals surface area contributed by atoms with Gasteiger partial charge in [0.1, 0.15) is 0 Å². The zero-order valence-electron chi connectivity index (χ0n) is 10.4. The summed E-state index contributed by atoms with van der Waals surface area (Å²) in [4.78, 5) is 14.5. The summed E-state index contributed by atoms with van der Waals surface area (Å²) in [6.45, 7) is 0.836. The Morgan fingerprint density at radius 2 is 2.16 bits per heavy atom. The molecule has 1 aliphatic heterocycles. The normalized spacial score (nSPS) is 23.5. The fourth-order valence-corrected chi connectivity index (χ4v) is 3.48. The van der Waals surface area contributed by atoms with Crippen molar-refractivity contribution in [3.63, 3.8) is 0 Å². The molecule has 1 unspecified atom stereocenters. The Balaban J connectivity index is 1.76. The third-order valence-electron chi connectivity index (χ3n) is 4.18. The summed E-state index contributed by atoms with van der Waals surface area (Å²) in [5.41, 5.74) is 1.97. The van der Waals surface area contributed by atoms with Gasteiger partial charge < -0.3 is 4.90 Å². The number of nitrogens with zero attached hydrogens (tertiary/aromatic N) is 3. The molecule has 2 aliphatic rings. The van der Waals surface area contributed by atoms with Crippen molar-refractivity contribution >= 4 is 33.0 Å². The topological polar surface area (TPSA) is 37.6 Å². The van der Waals surface area contributed by atoms with E-state index in [1.807, 2.05) is 27.7 Å². The molecule has 4 rings (SSSR count). The minimum atomic E-state index is 0.256. The summed E-state index contributed by atoms with van der Waals surface area (Å²) in [6.07, 6.45) is 7.13. The first-order valence-electron chi connectivity index (χ1n) is 6.68. The van der Waals surface area contributed by atoms with Crippen LogP contribution >= 0.6 is 15.9 Å². The molecule has 0 spiro atoms. The maximum absolute atomic E-state index is 12.5. The van der Waals surface area contributed by atoms with Crippen molar-refractivity contribution in [2.75, 3.05) is 11.4 Å². The first kappa shape index (κ1) is 11.5. The Morgan fingerprint density at radius 3 is 2.95 bits per heavy atom. The standard InChI is InChI=1S/C14H14BrN3O/c15-10-7-13-12(3-5-16-18(13)8-10)17-6-4-11(14(17)19)9-1-2-9/h3,5,7-9,11H,1-2,4,6H2. The molecule has 1 amide bonds. The summed E-state index contributed by atoms with van der Waals surface area (Å²) in [7, 11) is 0. The third-order valence-corrected chi connectivity index (χ3v) is 4.62. The van der Waals surface area contributed by atoms with E-state index in [1.165, 1.54) is 12.8 Å². The van der Waals surface area contributed by atoms with Gasteiger partial charge in [-0.2, -0.15) is 5.10 Å². The van der Waals surface area contributed by atoms with Crippen LogP contribution in [0.25, 0.3) is 5.52 Å². The van der Waals surface area contributed by atoms with Gasteiger partial charge in [-0.05, 0) is 53.2 Å². The fourth-order valence-electron chi connectivity index (χ4n) is 3.07. The number of amides is 1. The van der Waals surface area contributed by atoms with Crippen LogP contribution in [0.4, 0.5) is 5.69 Å². The first-order chi connectivity index (χ1) is 9.24. The molecule has 2 aromatic heterocycles. The van der Waals surface area contributed by atoms with Crippen LogP contribution in [0.2, 0.25) is 0 Å². The molecule has 2 fully saturated rings. The van der Waals surface area contributed by atoms with Crippen LogP contribution in [0.5, 0.6) is 0 Å². The van der Waals surface area contributed by atoms with Crippen molar-refractivity contribution in [3.8, 4) is 0 Å². The molecule has 2 aromatic rings. The Hall–Kier alpha value is -1.36. The number of hydrogen-bond donors (Lipinski definition) is 0. The van der Waals surface area contributed by atoms with Gasteiger partial charge in [0.25, 0.3) is 0 Å². The minimum absolute atomic E-state index is 0.256. The molecule has 0 bridgehead atoms. The highest BCUT2D eigenvalue weighted by Crippen LogP contribution is 2.43. The van der Waals surface area contributed by atoms with Gasteiger partial charge in [0.05, 0.1) is 11.2 Å². The molecule has 0 N–H and O–H groups in total. The second-order valence-corrected chi connectivity index (χ2v) is 6.34. The largest absolute Gasteiger partial charge is 0.310 e. The lowest BCUT2D eigenvalue weighted by Gasteiger charge is -2.17. The van der Waals surface area contributed by atoms with Gasteiger partial charge in [-0.25, -0.2) is 4.52 Å². The average Bonchev–Trinajstić information content (AvgIpc) is 3.05. The summed E-state index contributed by atoms with van der Waals surface area (Å²) >= 11 is 3.46.